The Kier molecular flexibility index (Phi) is 6.20. The third-order valence-electron chi connectivity index (χ3n) is 4.45. The smallest absolute Gasteiger partial charge is 0.220 e. The van der Waals surface area contributed by atoms with E-state index in [1.54, 1.807) is 12.1 Å². The Hall–Kier alpha value is -2.88. The highest BCUT2D eigenvalue weighted by molar-refractivity contribution is 5.76. The lowest BCUT2D eigenvalue weighted by Crippen LogP contribution is -2.28. The average Bonchev–Trinajstić information content (AvgIpc) is 3.17. The predicted molar refractivity (Wildman–Crippen MR) is 101 cm³/mol. The molecule has 1 amide bonds. The second-order valence-electron chi connectivity index (χ2n) is 6.42. The molecule has 1 aromatic heterocycles. The van der Waals surface area contributed by atoms with Gasteiger partial charge in [0.2, 0.25) is 5.91 Å². The van der Waals surface area contributed by atoms with Crippen LogP contribution in [0.4, 0.5) is 4.39 Å². The van der Waals surface area contributed by atoms with Gasteiger partial charge in [0, 0.05) is 37.8 Å². The van der Waals surface area contributed by atoms with Gasteiger partial charge in [-0.1, -0.05) is 42.5 Å². The van der Waals surface area contributed by atoms with Crippen molar-refractivity contribution in [1.29, 1.82) is 0 Å². The minimum Gasteiger partial charge on any atom is -0.356 e. The Morgan fingerprint density at radius 1 is 0.962 bits per heavy atom. The van der Waals surface area contributed by atoms with Crippen LogP contribution in [0.2, 0.25) is 0 Å². The molecule has 0 aliphatic heterocycles. The first-order valence-electron chi connectivity index (χ1n) is 8.87. The van der Waals surface area contributed by atoms with Crippen molar-refractivity contribution < 1.29 is 9.18 Å². The van der Waals surface area contributed by atoms with Gasteiger partial charge >= 0.3 is 0 Å². The quantitative estimate of drug-likeness (QED) is 0.650. The van der Waals surface area contributed by atoms with E-state index in [9.17, 15) is 9.18 Å². The Morgan fingerprint density at radius 2 is 1.65 bits per heavy atom. The minimum absolute atomic E-state index is 0.0353. The van der Waals surface area contributed by atoms with Crippen LogP contribution in [0.5, 0.6) is 0 Å². The van der Waals surface area contributed by atoms with E-state index >= 15 is 0 Å². The molecule has 0 aliphatic carbocycles. The number of halogens is 1. The summed E-state index contributed by atoms with van der Waals surface area (Å²) in [5, 5.41) is 2.98. The zero-order valence-corrected chi connectivity index (χ0v) is 14.6. The number of hydrogen-bond acceptors (Lipinski definition) is 1. The summed E-state index contributed by atoms with van der Waals surface area (Å²) in [6.07, 6.45) is 5.16. The van der Waals surface area contributed by atoms with Crippen LogP contribution in [-0.4, -0.2) is 17.0 Å². The molecule has 134 valence electrons. The van der Waals surface area contributed by atoms with Crippen LogP contribution in [-0.2, 0) is 17.8 Å². The molecule has 1 unspecified atom stereocenters. The molecule has 1 atom stereocenters. The van der Waals surface area contributed by atoms with Crippen LogP contribution in [0.25, 0.3) is 0 Å². The van der Waals surface area contributed by atoms with Gasteiger partial charge < -0.3 is 9.88 Å². The number of benzene rings is 2. The van der Waals surface area contributed by atoms with E-state index in [1.165, 1.54) is 12.1 Å². The van der Waals surface area contributed by atoms with Crippen LogP contribution in [0, 0.1) is 5.82 Å². The lowest BCUT2D eigenvalue weighted by Gasteiger charge is -2.18. The lowest BCUT2D eigenvalue weighted by atomic mass is 9.95. The molecule has 0 radical (unpaired) electrons. The number of aromatic nitrogens is 1. The van der Waals surface area contributed by atoms with Crippen LogP contribution in [0.3, 0.4) is 0 Å². The SMILES string of the molecule is O=C(CC(Cn1cccc1)c1ccccc1)NCCc1ccc(F)cc1. The number of nitrogens with one attached hydrogen (secondary N) is 1. The van der Waals surface area contributed by atoms with Crippen molar-refractivity contribution in [3.05, 3.63) is 96.1 Å². The maximum absolute atomic E-state index is 12.9. The molecule has 1 N–H and O–H groups in total. The Morgan fingerprint density at radius 3 is 2.35 bits per heavy atom. The molecule has 0 saturated heterocycles. The highest BCUT2D eigenvalue weighted by atomic mass is 19.1. The summed E-state index contributed by atoms with van der Waals surface area (Å²) in [7, 11) is 0. The summed E-state index contributed by atoms with van der Waals surface area (Å²) in [5.74, 6) is -0.0870. The van der Waals surface area contributed by atoms with Gasteiger partial charge in [-0.3, -0.25) is 4.79 Å². The van der Waals surface area contributed by atoms with Gasteiger partial charge in [-0.25, -0.2) is 4.39 Å². The number of amides is 1. The van der Waals surface area contributed by atoms with Crippen molar-refractivity contribution in [3.63, 3.8) is 0 Å². The molecule has 0 aliphatic rings. The second-order valence-corrected chi connectivity index (χ2v) is 6.42. The molecule has 1 heterocycles. The summed E-state index contributed by atoms with van der Waals surface area (Å²) in [5.41, 5.74) is 2.17. The first kappa shape index (κ1) is 17.9. The van der Waals surface area contributed by atoms with Crippen molar-refractivity contribution in [2.75, 3.05) is 6.54 Å². The molecule has 26 heavy (non-hydrogen) atoms. The zero-order chi connectivity index (χ0) is 18.2. The standard InChI is InChI=1S/C22H23FN2O/c23-21-10-8-18(9-11-21)12-13-24-22(26)16-20(17-25-14-4-5-15-25)19-6-2-1-3-7-19/h1-11,14-15,20H,12-13,16-17H2,(H,24,26). The molecule has 4 heteroatoms. The van der Waals surface area contributed by atoms with Gasteiger partial charge in [0.25, 0.3) is 0 Å². The van der Waals surface area contributed by atoms with E-state index < -0.39 is 0 Å². The maximum atomic E-state index is 12.9. The first-order valence-corrected chi connectivity index (χ1v) is 8.87. The molecular weight excluding hydrogens is 327 g/mol. The highest BCUT2D eigenvalue weighted by Crippen LogP contribution is 2.22. The summed E-state index contributed by atoms with van der Waals surface area (Å²) >= 11 is 0. The van der Waals surface area contributed by atoms with Gasteiger partial charge in [-0.05, 0) is 41.8 Å². The molecule has 0 spiro atoms. The summed E-state index contributed by atoms with van der Waals surface area (Å²) in [6.45, 7) is 1.32. The Bertz CT molecular complexity index is 798. The third-order valence-corrected chi connectivity index (χ3v) is 4.45. The van der Waals surface area contributed by atoms with Gasteiger partial charge in [-0.15, -0.1) is 0 Å². The van der Waals surface area contributed by atoms with Gasteiger partial charge in [-0.2, -0.15) is 0 Å². The topological polar surface area (TPSA) is 34.0 Å². The van der Waals surface area contributed by atoms with Gasteiger partial charge in [0.15, 0.2) is 0 Å². The molecular formula is C22H23FN2O. The average molecular weight is 350 g/mol. The van der Waals surface area contributed by atoms with Gasteiger partial charge in [0.05, 0.1) is 0 Å². The molecule has 3 rings (SSSR count). The van der Waals surface area contributed by atoms with Gasteiger partial charge in [0.1, 0.15) is 5.82 Å². The van der Waals surface area contributed by atoms with Crippen molar-refractivity contribution in [1.82, 2.24) is 9.88 Å². The summed E-state index contributed by atoms with van der Waals surface area (Å²) in [4.78, 5) is 12.4. The summed E-state index contributed by atoms with van der Waals surface area (Å²) < 4.78 is 15.0. The first-order chi connectivity index (χ1) is 12.7. The maximum Gasteiger partial charge on any atom is 0.220 e. The Labute approximate surface area is 153 Å². The van der Waals surface area contributed by atoms with E-state index in [1.807, 2.05) is 42.7 Å². The fourth-order valence-electron chi connectivity index (χ4n) is 3.05. The molecule has 0 bridgehead atoms. The zero-order valence-electron chi connectivity index (χ0n) is 14.6. The largest absolute Gasteiger partial charge is 0.356 e. The molecule has 3 aromatic rings. The van der Waals surface area contributed by atoms with E-state index in [0.29, 0.717) is 19.4 Å². The van der Waals surface area contributed by atoms with Crippen molar-refractivity contribution in [2.45, 2.75) is 25.3 Å². The van der Waals surface area contributed by atoms with E-state index in [2.05, 4.69) is 22.0 Å². The van der Waals surface area contributed by atoms with Crippen molar-refractivity contribution >= 4 is 5.91 Å². The Balaban J connectivity index is 1.55. The van der Waals surface area contributed by atoms with Crippen LogP contribution in [0.15, 0.2) is 79.1 Å². The van der Waals surface area contributed by atoms with E-state index in [-0.39, 0.29) is 17.6 Å². The highest BCUT2D eigenvalue weighted by Gasteiger charge is 2.16. The fraction of sp³-hybridized carbons (Fsp3) is 0.227. The monoisotopic (exact) mass is 350 g/mol. The molecule has 0 fully saturated rings. The van der Waals surface area contributed by atoms with Crippen LogP contribution in [0.1, 0.15) is 23.5 Å². The lowest BCUT2D eigenvalue weighted by molar-refractivity contribution is -0.121. The van der Waals surface area contributed by atoms with Crippen molar-refractivity contribution in [3.8, 4) is 0 Å². The van der Waals surface area contributed by atoms with E-state index in [0.717, 1.165) is 17.7 Å². The van der Waals surface area contributed by atoms with Crippen molar-refractivity contribution in [2.24, 2.45) is 0 Å². The normalized spacial score (nSPS) is 11.9. The number of carbonyl (C=O) groups is 1. The number of rotatable bonds is 8. The minimum atomic E-state index is -0.242. The fourth-order valence-corrected chi connectivity index (χ4v) is 3.05. The van der Waals surface area contributed by atoms with Crippen LogP contribution < -0.4 is 5.32 Å². The predicted octanol–water partition coefficient (Wildman–Crippen LogP) is 4.16. The third kappa shape index (κ3) is 5.31. The van der Waals surface area contributed by atoms with E-state index in [4.69, 9.17) is 0 Å². The van der Waals surface area contributed by atoms with Crippen LogP contribution >= 0.6 is 0 Å². The molecule has 3 nitrogen and oxygen atoms in total. The second kappa shape index (κ2) is 8.99. The number of nitrogens with zero attached hydrogens (tertiary/aromatic N) is 1. The number of hydrogen-bond donors (Lipinski definition) is 1. The molecule has 0 saturated carbocycles. The molecule has 2 aromatic carbocycles. The summed E-state index contributed by atoms with van der Waals surface area (Å²) in [6, 6.07) is 20.5. The number of carbonyl (C=O) groups excluding carboxylic acids is 1.